The molecule has 1 fully saturated rings. The number of nitrogens with zero attached hydrogens (tertiary/aromatic N) is 1. The lowest BCUT2D eigenvalue weighted by Gasteiger charge is -2.21. The van der Waals surface area contributed by atoms with E-state index >= 15 is 0 Å². The molecule has 17 heavy (non-hydrogen) atoms. The molecule has 0 radical (unpaired) electrons. The van der Waals surface area contributed by atoms with Gasteiger partial charge >= 0.3 is 0 Å². The van der Waals surface area contributed by atoms with Crippen LogP contribution in [-0.2, 0) is 4.79 Å². The minimum Gasteiger partial charge on any atom is -0.267 e. The van der Waals surface area contributed by atoms with E-state index < -0.39 is 0 Å². The zero-order chi connectivity index (χ0) is 11.8. The minimum absolute atomic E-state index is 0.0694. The molecular weight excluding hydrogens is 234 g/mol. The quantitative estimate of drug-likeness (QED) is 0.748. The molecular formula is C14H14ClNO. The fraction of sp³-hybridized carbons (Fsp3) is 0.429. The Balaban J connectivity index is 2.20. The summed E-state index contributed by atoms with van der Waals surface area (Å²) in [7, 11) is 0. The van der Waals surface area contributed by atoms with E-state index in [1.165, 1.54) is 19.3 Å². The first kappa shape index (κ1) is 11.0. The molecule has 0 saturated heterocycles. The Morgan fingerprint density at radius 3 is 2.71 bits per heavy atom. The molecule has 1 aromatic carbocycles. The Hall–Kier alpha value is -1.15. The predicted molar refractivity (Wildman–Crippen MR) is 67.2 cm³/mol. The lowest BCUT2D eigenvalue weighted by atomic mass is 9.83. The Bertz CT molecular complexity index is 585. The van der Waals surface area contributed by atoms with Crippen molar-refractivity contribution < 1.29 is 4.79 Å². The minimum atomic E-state index is -0.0694. The van der Waals surface area contributed by atoms with Gasteiger partial charge in [-0.3, -0.25) is 4.79 Å². The zero-order valence-electron chi connectivity index (χ0n) is 9.58. The first-order chi connectivity index (χ1) is 8.27. The molecule has 1 aliphatic heterocycles. The fourth-order valence-corrected chi connectivity index (χ4v) is 3.19. The maximum atomic E-state index is 12.0. The number of rotatable bonds is 1. The molecule has 0 unspecified atom stereocenters. The smallest absolute Gasteiger partial charge is 0.267 e. The Kier molecular flexibility index (Phi) is 2.75. The van der Waals surface area contributed by atoms with E-state index in [1.54, 1.807) is 0 Å². The highest BCUT2D eigenvalue weighted by atomic mass is 35.5. The van der Waals surface area contributed by atoms with Gasteiger partial charge in [0.15, 0.2) is 0 Å². The van der Waals surface area contributed by atoms with Crippen LogP contribution < -0.4 is 10.6 Å². The standard InChI is InChI=1S/C14H14ClNO/c15-10-7-4-8-11-13(10)12(14(17)16-11)9-5-2-1-3-6-9/h4,7-9H,1-3,5-6H2. The first-order valence-electron chi connectivity index (χ1n) is 6.19. The number of hydrogen-bond donors (Lipinski definition) is 0. The van der Waals surface area contributed by atoms with Crippen LogP contribution in [0.2, 0.25) is 5.02 Å². The third-order valence-corrected chi connectivity index (χ3v) is 4.04. The van der Waals surface area contributed by atoms with Gasteiger partial charge in [0.2, 0.25) is 0 Å². The van der Waals surface area contributed by atoms with E-state index in [0.29, 0.717) is 10.9 Å². The van der Waals surface area contributed by atoms with Crippen LogP contribution in [0.15, 0.2) is 23.2 Å². The molecule has 2 aliphatic rings. The summed E-state index contributed by atoms with van der Waals surface area (Å²) < 4.78 is 0. The van der Waals surface area contributed by atoms with Crippen LogP contribution in [0.5, 0.6) is 0 Å². The lowest BCUT2D eigenvalue weighted by Crippen LogP contribution is -2.27. The molecule has 0 bridgehead atoms. The van der Waals surface area contributed by atoms with Crippen LogP contribution in [0.25, 0.3) is 5.57 Å². The number of fused-ring (bicyclic) bond motifs is 1. The summed E-state index contributed by atoms with van der Waals surface area (Å²) in [5.74, 6) is 0.293. The van der Waals surface area contributed by atoms with Crippen LogP contribution in [0, 0.1) is 5.92 Å². The second-order valence-corrected chi connectivity index (χ2v) is 5.21. The molecule has 88 valence electrons. The van der Waals surface area contributed by atoms with Crippen molar-refractivity contribution in [3.05, 3.63) is 33.8 Å². The summed E-state index contributed by atoms with van der Waals surface area (Å²) in [4.78, 5) is 16.1. The molecule has 0 atom stereocenters. The topological polar surface area (TPSA) is 29.4 Å². The summed E-state index contributed by atoms with van der Waals surface area (Å²) in [6.07, 6.45) is 5.90. The van der Waals surface area contributed by atoms with Gasteiger partial charge in [0.1, 0.15) is 0 Å². The highest BCUT2D eigenvalue weighted by Gasteiger charge is 2.27. The maximum Gasteiger partial charge on any atom is 0.274 e. The fourth-order valence-electron chi connectivity index (χ4n) is 2.92. The molecule has 3 rings (SSSR count). The van der Waals surface area contributed by atoms with Crippen molar-refractivity contribution in [3.8, 4) is 0 Å². The van der Waals surface area contributed by atoms with Crippen LogP contribution >= 0.6 is 11.6 Å². The van der Waals surface area contributed by atoms with Crippen molar-refractivity contribution in [1.82, 2.24) is 0 Å². The number of carbonyl (C=O) groups excluding carboxylic acids is 1. The van der Waals surface area contributed by atoms with Crippen molar-refractivity contribution in [1.29, 1.82) is 0 Å². The highest BCUT2D eigenvalue weighted by Crippen LogP contribution is 2.31. The normalized spacial score (nSPS) is 20.3. The van der Waals surface area contributed by atoms with Gasteiger partial charge in [-0.05, 0) is 30.9 Å². The zero-order valence-corrected chi connectivity index (χ0v) is 10.3. The van der Waals surface area contributed by atoms with Crippen LogP contribution in [0.3, 0.4) is 0 Å². The van der Waals surface area contributed by atoms with Crippen molar-refractivity contribution in [3.63, 3.8) is 0 Å². The highest BCUT2D eigenvalue weighted by molar-refractivity contribution is 6.32. The molecule has 1 heterocycles. The summed E-state index contributed by atoms with van der Waals surface area (Å²) >= 11 is 6.22. The van der Waals surface area contributed by atoms with Gasteiger partial charge in [-0.15, -0.1) is 0 Å². The average Bonchev–Trinajstić information content (AvgIpc) is 2.68. The molecule has 1 amide bonds. The van der Waals surface area contributed by atoms with E-state index in [2.05, 4.69) is 4.99 Å². The second-order valence-electron chi connectivity index (χ2n) is 4.80. The lowest BCUT2D eigenvalue weighted by molar-refractivity contribution is -0.113. The van der Waals surface area contributed by atoms with Crippen molar-refractivity contribution in [2.45, 2.75) is 32.1 Å². The van der Waals surface area contributed by atoms with Crippen molar-refractivity contribution >= 4 is 23.1 Å². The third-order valence-electron chi connectivity index (χ3n) is 3.73. The summed E-state index contributed by atoms with van der Waals surface area (Å²) in [5, 5.41) is 2.31. The summed E-state index contributed by atoms with van der Waals surface area (Å²) in [6.45, 7) is 0. The summed E-state index contributed by atoms with van der Waals surface area (Å²) in [6, 6.07) is 5.56. The van der Waals surface area contributed by atoms with Gasteiger partial charge < -0.3 is 0 Å². The van der Waals surface area contributed by atoms with Crippen LogP contribution in [0.4, 0.5) is 0 Å². The number of amides is 1. The van der Waals surface area contributed by atoms with Gasteiger partial charge in [-0.1, -0.05) is 36.9 Å². The van der Waals surface area contributed by atoms with Crippen LogP contribution in [0.1, 0.15) is 32.1 Å². The van der Waals surface area contributed by atoms with Gasteiger partial charge in [-0.2, -0.15) is 0 Å². The molecule has 3 heteroatoms. The second kappa shape index (κ2) is 4.26. The molecule has 1 saturated carbocycles. The van der Waals surface area contributed by atoms with E-state index in [9.17, 15) is 4.79 Å². The number of halogens is 1. The third kappa shape index (κ3) is 1.81. The monoisotopic (exact) mass is 247 g/mol. The van der Waals surface area contributed by atoms with Gasteiger partial charge in [0.05, 0.1) is 10.4 Å². The average molecular weight is 248 g/mol. The van der Waals surface area contributed by atoms with Crippen molar-refractivity contribution in [2.75, 3.05) is 0 Å². The predicted octanol–water partition coefficient (Wildman–Crippen LogP) is 2.23. The van der Waals surface area contributed by atoms with Crippen LogP contribution in [-0.4, -0.2) is 5.91 Å². The maximum absolute atomic E-state index is 12.0. The van der Waals surface area contributed by atoms with E-state index in [-0.39, 0.29) is 5.91 Å². The first-order valence-corrected chi connectivity index (χ1v) is 6.57. The Labute approximate surface area is 105 Å². The molecule has 1 aliphatic carbocycles. The SMILES string of the molecule is O=C1N=c2cccc(Cl)c2=C1C1CCCCC1. The number of benzene rings is 1. The summed E-state index contributed by atoms with van der Waals surface area (Å²) in [5.41, 5.74) is 0.866. The van der Waals surface area contributed by atoms with Crippen molar-refractivity contribution in [2.24, 2.45) is 10.9 Å². The molecule has 0 N–H and O–H groups in total. The Morgan fingerprint density at radius 2 is 1.94 bits per heavy atom. The largest absolute Gasteiger partial charge is 0.274 e. The van der Waals surface area contributed by atoms with Gasteiger partial charge in [0, 0.05) is 10.8 Å². The van der Waals surface area contributed by atoms with Gasteiger partial charge in [0.25, 0.3) is 5.91 Å². The van der Waals surface area contributed by atoms with Gasteiger partial charge in [-0.25, -0.2) is 4.99 Å². The number of carbonyl (C=O) groups is 1. The van der Waals surface area contributed by atoms with E-state index in [0.717, 1.165) is 29.0 Å². The molecule has 1 aromatic rings. The molecule has 0 aromatic heterocycles. The van der Waals surface area contributed by atoms with E-state index in [1.807, 2.05) is 18.2 Å². The number of hydrogen-bond acceptors (Lipinski definition) is 1. The Morgan fingerprint density at radius 1 is 1.18 bits per heavy atom. The molecule has 0 spiro atoms. The van der Waals surface area contributed by atoms with E-state index in [4.69, 9.17) is 11.6 Å². The molecule has 2 nitrogen and oxygen atoms in total.